The van der Waals surface area contributed by atoms with Crippen LogP contribution < -0.4 is 10.2 Å². The van der Waals surface area contributed by atoms with Crippen LogP contribution in [-0.2, 0) is 11.3 Å². The zero-order valence-electron chi connectivity index (χ0n) is 12.1. The molecule has 2 aromatic rings. The van der Waals surface area contributed by atoms with Crippen LogP contribution in [0.1, 0.15) is 16.1 Å². The van der Waals surface area contributed by atoms with E-state index >= 15 is 0 Å². The Morgan fingerprint density at radius 1 is 1.38 bits per heavy atom. The van der Waals surface area contributed by atoms with Crippen LogP contribution in [0.25, 0.3) is 0 Å². The van der Waals surface area contributed by atoms with Gasteiger partial charge in [-0.3, -0.25) is 0 Å². The molecule has 112 valence electrons. The molecule has 0 amide bonds. The van der Waals surface area contributed by atoms with E-state index in [4.69, 9.17) is 16.0 Å². The van der Waals surface area contributed by atoms with Crippen molar-refractivity contribution in [1.29, 1.82) is 0 Å². The summed E-state index contributed by atoms with van der Waals surface area (Å²) >= 11 is 6.20. The van der Waals surface area contributed by atoms with E-state index in [2.05, 4.69) is 10.1 Å². The van der Waals surface area contributed by atoms with Gasteiger partial charge < -0.3 is 19.4 Å². The monoisotopic (exact) mass is 308 g/mol. The number of methoxy groups -OCH3 is 1. The minimum absolute atomic E-state index is 0.398. The van der Waals surface area contributed by atoms with Crippen molar-refractivity contribution in [1.82, 2.24) is 0 Å². The average Bonchev–Trinajstić information content (AvgIpc) is 2.92. The number of nitrogens with zero attached hydrogens (tertiary/aromatic N) is 1. The highest BCUT2D eigenvalue weighted by Crippen LogP contribution is 2.27. The van der Waals surface area contributed by atoms with Gasteiger partial charge in [-0.2, -0.15) is 0 Å². The van der Waals surface area contributed by atoms with Crippen molar-refractivity contribution < 1.29 is 13.9 Å². The summed E-state index contributed by atoms with van der Waals surface area (Å²) in [6, 6.07) is 7.37. The maximum absolute atomic E-state index is 11.3. The maximum atomic E-state index is 11.3. The second-order valence-corrected chi connectivity index (χ2v) is 5.11. The van der Waals surface area contributed by atoms with Gasteiger partial charge in [-0.05, 0) is 24.3 Å². The zero-order chi connectivity index (χ0) is 15.4. The van der Waals surface area contributed by atoms with Gasteiger partial charge >= 0.3 is 5.97 Å². The van der Waals surface area contributed by atoms with E-state index in [0.29, 0.717) is 22.9 Å². The number of carbonyl (C=O) groups is 1. The Balaban J connectivity index is 2.01. The molecule has 0 saturated heterocycles. The number of halogens is 1. The third-order valence-electron chi connectivity index (χ3n) is 2.97. The molecule has 0 aliphatic heterocycles. The number of esters is 1. The molecular weight excluding hydrogens is 292 g/mol. The van der Waals surface area contributed by atoms with Gasteiger partial charge in [0.15, 0.2) is 0 Å². The molecule has 0 atom stereocenters. The van der Waals surface area contributed by atoms with Crippen LogP contribution in [0.2, 0.25) is 5.02 Å². The number of rotatable bonds is 5. The van der Waals surface area contributed by atoms with Gasteiger partial charge in [0.1, 0.15) is 12.0 Å². The molecule has 2 rings (SSSR count). The predicted octanol–water partition coefficient (Wildman–Crippen LogP) is 3.40. The van der Waals surface area contributed by atoms with Gasteiger partial charge in [0.05, 0.1) is 29.9 Å². The summed E-state index contributed by atoms with van der Waals surface area (Å²) in [6.07, 6.45) is 1.38. The molecule has 0 aliphatic carbocycles. The number of furan rings is 1. The first-order valence-corrected chi connectivity index (χ1v) is 6.75. The molecule has 0 saturated carbocycles. The third-order valence-corrected chi connectivity index (χ3v) is 3.27. The van der Waals surface area contributed by atoms with E-state index in [1.807, 2.05) is 37.2 Å². The first-order valence-electron chi connectivity index (χ1n) is 6.37. The van der Waals surface area contributed by atoms with Gasteiger partial charge in [0.2, 0.25) is 0 Å². The fraction of sp³-hybridized carbons (Fsp3) is 0.267. The maximum Gasteiger partial charge on any atom is 0.341 e. The lowest BCUT2D eigenvalue weighted by atomic mass is 10.2. The summed E-state index contributed by atoms with van der Waals surface area (Å²) in [7, 11) is 5.21. The van der Waals surface area contributed by atoms with Crippen LogP contribution >= 0.6 is 11.6 Å². The number of hydrogen-bond donors (Lipinski definition) is 1. The molecule has 0 spiro atoms. The van der Waals surface area contributed by atoms with Gasteiger partial charge in [-0.15, -0.1) is 0 Å². The van der Waals surface area contributed by atoms with Crippen LogP contribution in [0, 0.1) is 0 Å². The second kappa shape index (κ2) is 6.54. The summed E-state index contributed by atoms with van der Waals surface area (Å²) in [5.74, 6) is 0.228. The van der Waals surface area contributed by atoms with Gasteiger partial charge in [-0.25, -0.2) is 4.79 Å². The Kier molecular flexibility index (Phi) is 4.75. The van der Waals surface area contributed by atoms with Gasteiger partial charge in [0, 0.05) is 19.8 Å². The summed E-state index contributed by atoms with van der Waals surface area (Å²) in [5, 5.41) is 3.86. The molecule has 0 bridgehead atoms. The topological polar surface area (TPSA) is 54.7 Å². The lowest BCUT2D eigenvalue weighted by Gasteiger charge is -2.15. The Morgan fingerprint density at radius 2 is 2.14 bits per heavy atom. The zero-order valence-corrected chi connectivity index (χ0v) is 12.9. The predicted molar refractivity (Wildman–Crippen MR) is 83.2 cm³/mol. The first kappa shape index (κ1) is 15.3. The summed E-state index contributed by atoms with van der Waals surface area (Å²) in [6.45, 7) is 0.453. The molecule has 0 fully saturated rings. The Hall–Kier alpha value is -2.14. The van der Waals surface area contributed by atoms with Crippen LogP contribution in [0.4, 0.5) is 11.4 Å². The van der Waals surface area contributed by atoms with E-state index in [0.717, 1.165) is 11.4 Å². The summed E-state index contributed by atoms with van der Waals surface area (Å²) in [4.78, 5) is 13.3. The molecule has 1 aromatic carbocycles. The molecule has 1 heterocycles. The van der Waals surface area contributed by atoms with Crippen molar-refractivity contribution in [3.05, 3.63) is 46.9 Å². The number of benzene rings is 1. The highest BCUT2D eigenvalue weighted by atomic mass is 35.5. The van der Waals surface area contributed by atoms with Gasteiger partial charge in [0.25, 0.3) is 0 Å². The highest BCUT2D eigenvalue weighted by molar-refractivity contribution is 6.33. The smallest absolute Gasteiger partial charge is 0.341 e. The molecule has 0 aliphatic rings. The third kappa shape index (κ3) is 3.70. The van der Waals surface area contributed by atoms with Gasteiger partial charge in [-0.1, -0.05) is 11.6 Å². The number of hydrogen-bond acceptors (Lipinski definition) is 5. The Morgan fingerprint density at radius 3 is 2.76 bits per heavy atom. The second-order valence-electron chi connectivity index (χ2n) is 4.71. The van der Waals surface area contributed by atoms with E-state index in [1.54, 1.807) is 6.07 Å². The van der Waals surface area contributed by atoms with Crippen LogP contribution in [0.15, 0.2) is 34.9 Å². The van der Waals surface area contributed by atoms with Crippen molar-refractivity contribution >= 4 is 28.9 Å². The summed E-state index contributed by atoms with van der Waals surface area (Å²) < 4.78 is 9.92. The number of nitrogens with one attached hydrogen (secondary N) is 1. The molecule has 6 heteroatoms. The average molecular weight is 309 g/mol. The van der Waals surface area contributed by atoms with E-state index in [1.165, 1.54) is 13.4 Å². The highest BCUT2D eigenvalue weighted by Gasteiger charge is 2.10. The van der Waals surface area contributed by atoms with E-state index < -0.39 is 5.97 Å². The van der Waals surface area contributed by atoms with E-state index in [9.17, 15) is 4.79 Å². The molecule has 1 N–H and O–H groups in total. The number of anilines is 2. The lowest BCUT2D eigenvalue weighted by molar-refractivity contribution is 0.0600. The summed E-state index contributed by atoms with van der Waals surface area (Å²) in [5.41, 5.74) is 2.23. The fourth-order valence-corrected chi connectivity index (χ4v) is 2.22. The van der Waals surface area contributed by atoms with Crippen LogP contribution in [-0.4, -0.2) is 27.2 Å². The Labute approximate surface area is 128 Å². The van der Waals surface area contributed by atoms with Crippen molar-refractivity contribution in [2.75, 3.05) is 31.4 Å². The lowest BCUT2D eigenvalue weighted by Crippen LogP contribution is -2.09. The molecule has 1 aromatic heterocycles. The molecular formula is C15H17ClN2O3. The number of carbonyl (C=O) groups excluding carboxylic acids is 1. The first-order chi connectivity index (χ1) is 10.0. The Bertz CT molecular complexity index is 638. The quantitative estimate of drug-likeness (QED) is 0.858. The van der Waals surface area contributed by atoms with Crippen molar-refractivity contribution in [3.63, 3.8) is 0 Å². The van der Waals surface area contributed by atoms with Crippen LogP contribution in [0.5, 0.6) is 0 Å². The minimum atomic E-state index is -0.414. The standard InChI is InChI=1S/C15H17ClN2O3/c1-18(2)14-5-4-11(7-13(14)16)17-8-12-6-10(9-21-12)15(19)20-3/h4-7,9,17H,8H2,1-3H3. The molecule has 21 heavy (non-hydrogen) atoms. The van der Waals surface area contributed by atoms with Crippen molar-refractivity contribution in [3.8, 4) is 0 Å². The normalized spacial score (nSPS) is 10.3. The molecule has 0 unspecified atom stereocenters. The van der Waals surface area contributed by atoms with E-state index in [-0.39, 0.29) is 0 Å². The fourth-order valence-electron chi connectivity index (χ4n) is 1.87. The molecule has 5 nitrogen and oxygen atoms in total. The minimum Gasteiger partial charge on any atom is -0.467 e. The molecule has 0 radical (unpaired) electrons. The largest absolute Gasteiger partial charge is 0.467 e. The van der Waals surface area contributed by atoms with Crippen molar-refractivity contribution in [2.45, 2.75) is 6.54 Å². The SMILES string of the molecule is COC(=O)c1coc(CNc2ccc(N(C)C)c(Cl)c2)c1. The van der Waals surface area contributed by atoms with Crippen LogP contribution in [0.3, 0.4) is 0 Å². The number of ether oxygens (including phenoxy) is 1. The van der Waals surface area contributed by atoms with Crippen molar-refractivity contribution in [2.24, 2.45) is 0 Å².